The van der Waals surface area contributed by atoms with Crippen molar-refractivity contribution in [2.45, 2.75) is 17.3 Å². The molecule has 0 amide bonds. The van der Waals surface area contributed by atoms with Gasteiger partial charge < -0.3 is 5.11 Å². The fourth-order valence-corrected chi connectivity index (χ4v) is 1.12. The molecule has 1 aromatic heterocycles. The number of hydrogen-bond acceptors (Lipinski definition) is 4. The topological polar surface area (TPSA) is 78.9 Å². The van der Waals surface area contributed by atoms with Crippen LogP contribution in [0.4, 0.5) is 0 Å². The number of thioether (sulfide) groups is 1. The van der Waals surface area contributed by atoms with Crippen LogP contribution in [0.1, 0.15) is 6.92 Å². The standard InChI is InChI=1S/C5H7N3O2S/c1-3(4(9)10)11-5-6-2-7-8-5/h2-3H,1H3,(H,9,10)(H,6,7,8). The number of carboxylic acids is 1. The first kappa shape index (κ1) is 8.06. The Bertz CT molecular complexity index is 236. The normalized spacial score (nSPS) is 12.8. The maximum absolute atomic E-state index is 10.3. The van der Waals surface area contributed by atoms with E-state index in [4.69, 9.17) is 5.11 Å². The highest BCUT2D eigenvalue weighted by molar-refractivity contribution is 8.00. The molecule has 1 rings (SSSR count). The summed E-state index contributed by atoms with van der Waals surface area (Å²) in [5, 5.41) is 14.7. The SMILES string of the molecule is CC(Sc1ncn[nH]1)C(=O)O. The van der Waals surface area contributed by atoms with Gasteiger partial charge >= 0.3 is 5.97 Å². The monoisotopic (exact) mass is 173 g/mol. The van der Waals surface area contributed by atoms with E-state index in [1.807, 2.05) is 0 Å². The molecule has 0 saturated heterocycles. The third-order valence-corrected chi connectivity index (χ3v) is 2.00. The third kappa shape index (κ3) is 2.23. The molecule has 0 radical (unpaired) electrons. The van der Waals surface area contributed by atoms with E-state index in [0.29, 0.717) is 5.16 Å². The van der Waals surface area contributed by atoms with Gasteiger partial charge in [0.2, 0.25) is 0 Å². The Kier molecular flexibility index (Phi) is 2.48. The molecule has 0 spiro atoms. The van der Waals surface area contributed by atoms with Crippen LogP contribution < -0.4 is 0 Å². The van der Waals surface area contributed by atoms with E-state index in [1.54, 1.807) is 6.92 Å². The predicted octanol–water partition coefficient (Wildman–Crippen LogP) is 0.370. The molecule has 1 heterocycles. The van der Waals surface area contributed by atoms with E-state index in [2.05, 4.69) is 15.2 Å². The number of aromatic amines is 1. The quantitative estimate of drug-likeness (QED) is 0.645. The molecule has 0 saturated carbocycles. The lowest BCUT2D eigenvalue weighted by Gasteiger charge is -2.00. The van der Waals surface area contributed by atoms with E-state index in [0.717, 1.165) is 11.8 Å². The van der Waals surface area contributed by atoms with E-state index in [1.165, 1.54) is 6.33 Å². The van der Waals surface area contributed by atoms with E-state index in [9.17, 15) is 4.79 Å². The van der Waals surface area contributed by atoms with E-state index >= 15 is 0 Å². The molecule has 0 aliphatic carbocycles. The summed E-state index contributed by atoms with van der Waals surface area (Å²) in [4.78, 5) is 14.1. The summed E-state index contributed by atoms with van der Waals surface area (Å²) >= 11 is 1.13. The molecule has 6 heteroatoms. The van der Waals surface area contributed by atoms with Crippen LogP contribution in [-0.4, -0.2) is 31.5 Å². The van der Waals surface area contributed by atoms with Crippen molar-refractivity contribution in [3.63, 3.8) is 0 Å². The zero-order valence-electron chi connectivity index (χ0n) is 5.81. The molecule has 0 aromatic carbocycles. The molecule has 0 aliphatic rings. The van der Waals surface area contributed by atoms with E-state index < -0.39 is 11.2 Å². The van der Waals surface area contributed by atoms with Gasteiger partial charge in [-0.05, 0) is 6.92 Å². The van der Waals surface area contributed by atoms with Gasteiger partial charge in [-0.25, -0.2) is 4.98 Å². The van der Waals surface area contributed by atoms with Gasteiger partial charge in [0.05, 0.1) is 0 Å². The fraction of sp³-hybridized carbons (Fsp3) is 0.400. The van der Waals surface area contributed by atoms with Crippen molar-refractivity contribution in [2.24, 2.45) is 0 Å². The van der Waals surface area contributed by atoms with Crippen LogP contribution in [0.25, 0.3) is 0 Å². The molecule has 1 unspecified atom stereocenters. The van der Waals surface area contributed by atoms with Crippen LogP contribution in [0, 0.1) is 0 Å². The number of hydrogen-bond donors (Lipinski definition) is 2. The van der Waals surface area contributed by atoms with Gasteiger partial charge in [0.1, 0.15) is 11.6 Å². The number of nitrogens with one attached hydrogen (secondary N) is 1. The number of carboxylic acid groups (broad SMARTS) is 1. The maximum atomic E-state index is 10.3. The van der Waals surface area contributed by atoms with Gasteiger partial charge in [-0.3, -0.25) is 9.89 Å². The minimum atomic E-state index is -0.855. The average Bonchev–Trinajstić information content (AvgIpc) is 2.39. The molecule has 1 atom stereocenters. The minimum Gasteiger partial charge on any atom is -0.480 e. The molecule has 2 N–H and O–H groups in total. The van der Waals surface area contributed by atoms with Crippen LogP contribution in [-0.2, 0) is 4.79 Å². The first-order chi connectivity index (χ1) is 5.20. The van der Waals surface area contributed by atoms with Gasteiger partial charge in [-0.1, -0.05) is 11.8 Å². The van der Waals surface area contributed by atoms with Crippen LogP contribution >= 0.6 is 11.8 Å². The Hall–Kier alpha value is -1.04. The second-order valence-electron chi connectivity index (χ2n) is 1.89. The Morgan fingerprint density at radius 1 is 1.91 bits per heavy atom. The summed E-state index contributed by atoms with van der Waals surface area (Å²) in [5.74, 6) is -0.855. The zero-order chi connectivity index (χ0) is 8.27. The fourth-order valence-electron chi connectivity index (χ4n) is 0.469. The maximum Gasteiger partial charge on any atom is 0.316 e. The Morgan fingerprint density at radius 2 is 2.64 bits per heavy atom. The number of carbonyl (C=O) groups is 1. The highest BCUT2D eigenvalue weighted by Gasteiger charge is 2.13. The number of aromatic nitrogens is 3. The first-order valence-corrected chi connectivity index (χ1v) is 3.83. The minimum absolute atomic E-state index is 0.497. The third-order valence-electron chi connectivity index (χ3n) is 1.03. The zero-order valence-corrected chi connectivity index (χ0v) is 6.63. The average molecular weight is 173 g/mol. The van der Waals surface area contributed by atoms with Crippen molar-refractivity contribution in [3.05, 3.63) is 6.33 Å². The van der Waals surface area contributed by atoms with Gasteiger partial charge in [-0.15, -0.1) is 0 Å². The Morgan fingerprint density at radius 3 is 3.09 bits per heavy atom. The van der Waals surface area contributed by atoms with Crippen LogP contribution in [0.2, 0.25) is 0 Å². The number of H-pyrrole nitrogens is 1. The summed E-state index contributed by atoms with van der Waals surface area (Å²) in [6, 6.07) is 0. The molecule has 0 fully saturated rings. The molecule has 0 bridgehead atoms. The lowest BCUT2D eigenvalue weighted by molar-refractivity contribution is -0.136. The predicted molar refractivity (Wildman–Crippen MR) is 39.3 cm³/mol. The van der Waals surface area contributed by atoms with Crippen molar-refractivity contribution < 1.29 is 9.90 Å². The number of aliphatic carboxylic acids is 1. The molecule has 0 aliphatic heterocycles. The van der Waals surface area contributed by atoms with Gasteiger partial charge in [0, 0.05) is 0 Å². The second-order valence-corrected chi connectivity index (χ2v) is 3.22. The molecule has 1 aromatic rings. The first-order valence-electron chi connectivity index (χ1n) is 2.95. The number of rotatable bonds is 3. The van der Waals surface area contributed by atoms with Gasteiger partial charge in [0.25, 0.3) is 0 Å². The summed E-state index contributed by atoms with van der Waals surface area (Å²) < 4.78 is 0. The molecule has 60 valence electrons. The molecular weight excluding hydrogens is 166 g/mol. The highest BCUT2D eigenvalue weighted by Crippen LogP contribution is 2.17. The van der Waals surface area contributed by atoms with Crippen LogP contribution in [0.15, 0.2) is 11.5 Å². The van der Waals surface area contributed by atoms with Gasteiger partial charge in [-0.2, -0.15) is 5.10 Å². The van der Waals surface area contributed by atoms with Crippen LogP contribution in [0.5, 0.6) is 0 Å². The molecule has 5 nitrogen and oxygen atoms in total. The van der Waals surface area contributed by atoms with Crippen molar-refractivity contribution in [3.8, 4) is 0 Å². The van der Waals surface area contributed by atoms with Crippen molar-refractivity contribution >= 4 is 17.7 Å². The van der Waals surface area contributed by atoms with Crippen molar-refractivity contribution in [1.82, 2.24) is 15.2 Å². The highest BCUT2D eigenvalue weighted by atomic mass is 32.2. The van der Waals surface area contributed by atoms with Crippen LogP contribution in [0.3, 0.4) is 0 Å². The Labute approximate surface area is 67.2 Å². The lowest BCUT2D eigenvalue weighted by atomic mass is 10.5. The molecular formula is C5H7N3O2S. The largest absolute Gasteiger partial charge is 0.480 e. The van der Waals surface area contributed by atoms with E-state index in [-0.39, 0.29) is 0 Å². The van der Waals surface area contributed by atoms with Crippen molar-refractivity contribution in [2.75, 3.05) is 0 Å². The summed E-state index contributed by atoms with van der Waals surface area (Å²) in [7, 11) is 0. The summed E-state index contributed by atoms with van der Waals surface area (Å²) in [6.07, 6.45) is 1.34. The lowest BCUT2D eigenvalue weighted by Crippen LogP contribution is -2.11. The number of nitrogens with zero attached hydrogens (tertiary/aromatic N) is 2. The van der Waals surface area contributed by atoms with Crippen molar-refractivity contribution in [1.29, 1.82) is 0 Å². The summed E-state index contributed by atoms with van der Waals surface area (Å²) in [6.45, 7) is 1.59. The Balaban J connectivity index is 2.50. The second kappa shape index (κ2) is 3.38. The molecule has 11 heavy (non-hydrogen) atoms. The smallest absolute Gasteiger partial charge is 0.316 e. The summed E-state index contributed by atoms with van der Waals surface area (Å²) in [5.41, 5.74) is 0. The van der Waals surface area contributed by atoms with Gasteiger partial charge in [0.15, 0.2) is 5.16 Å².